The quantitative estimate of drug-likeness (QED) is 0.618. The number of aromatic amines is 1. The van der Waals surface area contributed by atoms with E-state index in [0.717, 1.165) is 54.3 Å². The van der Waals surface area contributed by atoms with Gasteiger partial charge in [0.25, 0.3) is 5.91 Å². The third-order valence-corrected chi connectivity index (χ3v) is 7.24. The van der Waals surface area contributed by atoms with Crippen LogP contribution in [0.4, 0.5) is 4.39 Å². The first-order valence-electron chi connectivity index (χ1n) is 11.8. The number of halogens is 1. The Morgan fingerprint density at radius 1 is 1.12 bits per heavy atom. The standard InChI is InChI=1S/C24H29FN6O/c25-18-13-30(14-18)11-15-1-4-19(5-2-15)27-24(32)23-21-9-16(3-8-22(21)28-29-23)17-10-26-31(12-17)20-6-7-20/h3,8-10,12,15,18-20H,1-2,4-7,11,13-14H2,(H,27,32)(H,28,29). The van der Waals surface area contributed by atoms with Crippen molar-refractivity contribution >= 4 is 16.8 Å². The average molecular weight is 437 g/mol. The first kappa shape index (κ1) is 19.9. The topological polar surface area (TPSA) is 78.8 Å². The Kier molecular flexibility index (Phi) is 4.97. The summed E-state index contributed by atoms with van der Waals surface area (Å²) < 4.78 is 15.1. The van der Waals surface area contributed by atoms with Crippen LogP contribution in [0.25, 0.3) is 22.0 Å². The van der Waals surface area contributed by atoms with E-state index in [-0.39, 0.29) is 11.9 Å². The van der Waals surface area contributed by atoms with Gasteiger partial charge in [0.15, 0.2) is 5.69 Å². The molecule has 6 rings (SSSR count). The Bertz CT molecular complexity index is 1120. The van der Waals surface area contributed by atoms with Crippen molar-refractivity contribution in [3.05, 3.63) is 36.3 Å². The van der Waals surface area contributed by atoms with Gasteiger partial charge < -0.3 is 5.32 Å². The van der Waals surface area contributed by atoms with Gasteiger partial charge in [-0.05, 0) is 62.1 Å². The molecule has 3 fully saturated rings. The molecule has 1 aliphatic heterocycles. The van der Waals surface area contributed by atoms with Gasteiger partial charge in [-0.3, -0.25) is 19.5 Å². The number of carbonyl (C=O) groups is 1. The van der Waals surface area contributed by atoms with E-state index >= 15 is 0 Å². The van der Waals surface area contributed by atoms with E-state index in [4.69, 9.17) is 0 Å². The van der Waals surface area contributed by atoms with Crippen LogP contribution in [-0.2, 0) is 0 Å². The minimum Gasteiger partial charge on any atom is -0.348 e. The maximum Gasteiger partial charge on any atom is 0.272 e. The SMILES string of the molecule is O=C(NC1CCC(CN2CC(F)C2)CC1)c1n[nH]c2ccc(-c3cnn(C4CC4)c3)cc12. The van der Waals surface area contributed by atoms with Crippen molar-refractivity contribution in [2.24, 2.45) is 5.92 Å². The van der Waals surface area contributed by atoms with E-state index in [1.807, 2.05) is 29.1 Å². The monoisotopic (exact) mass is 436 g/mol. The molecule has 2 saturated carbocycles. The van der Waals surface area contributed by atoms with Crippen LogP contribution in [-0.4, -0.2) is 62.6 Å². The molecule has 1 amide bonds. The second-order valence-electron chi connectivity index (χ2n) is 9.78. The largest absolute Gasteiger partial charge is 0.348 e. The Morgan fingerprint density at radius 3 is 2.69 bits per heavy atom. The fourth-order valence-corrected chi connectivity index (χ4v) is 5.16. The third-order valence-electron chi connectivity index (χ3n) is 7.24. The highest BCUT2D eigenvalue weighted by molar-refractivity contribution is 6.05. The van der Waals surface area contributed by atoms with Crippen molar-refractivity contribution in [3.63, 3.8) is 0 Å². The van der Waals surface area contributed by atoms with Crippen LogP contribution in [0.5, 0.6) is 0 Å². The number of carbonyl (C=O) groups excluding carboxylic acids is 1. The van der Waals surface area contributed by atoms with Crippen LogP contribution in [0.2, 0.25) is 0 Å². The van der Waals surface area contributed by atoms with Crippen molar-refractivity contribution in [1.82, 2.24) is 30.2 Å². The van der Waals surface area contributed by atoms with Gasteiger partial charge in [0.2, 0.25) is 0 Å². The molecule has 7 nitrogen and oxygen atoms in total. The number of benzene rings is 1. The number of rotatable bonds is 6. The molecule has 32 heavy (non-hydrogen) atoms. The summed E-state index contributed by atoms with van der Waals surface area (Å²) in [5, 5.41) is 15.8. The molecule has 3 heterocycles. The lowest BCUT2D eigenvalue weighted by molar-refractivity contribution is 0.0440. The normalized spacial score (nSPS) is 24.5. The lowest BCUT2D eigenvalue weighted by Gasteiger charge is -2.39. The molecule has 8 heteroatoms. The molecule has 0 atom stereocenters. The van der Waals surface area contributed by atoms with Gasteiger partial charge in [-0.25, -0.2) is 4.39 Å². The fraction of sp³-hybridized carbons (Fsp3) is 0.542. The summed E-state index contributed by atoms with van der Waals surface area (Å²) in [5.41, 5.74) is 3.42. The number of hydrogen-bond donors (Lipinski definition) is 2. The summed E-state index contributed by atoms with van der Waals surface area (Å²) in [6, 6.07) is 6.77. The number of nitrogens with zero attached hydrogens (tertiary/aromatic N) is 4. The number of alkyl halides is 1. The second-order valence-corrected chi connectivity index (χ2v) is 9.78. The van der Waals surface area contributed by atoms with Crippen LogP contribution >= 0.6 is 0 Å². The molecule has 1 saturated heterocycles. The molecule has 2 N–H and O–H groups in total. The average Bonchev–Trinajstić information content (AvgIpc) is 3.35. The van der Waals surface area contributed by atoms with Crippen LogP contribution in [0.15, 0.2) is 30.6 Å². The molecule has 3 aliphatic rings. The lowest BCUT2D eigenvalue weighted by atomic mass is 9.85. The highest BCUT2D eigenvalue weighted by Crippen LogP contribution is 2.35. The van der Waals surface area contributed by atoms with E-state index < -0.39 is 6.17 Å². The molecular weight excluding hydrogens is 407 g/mol. The smallest absolute Gasteiger partial charge is 0.272 e. The van der Waals surface area contributed by atoms with Crippen LogP contribution in [0, 0.1) is 5.92 Å². The minimum atomic E-state index is -0.635. The predicted octanol–water partition coefficient (Wildman–Crippen LogP) is 3.70. The highest BCUT2D eigenvalue weighted by Gasteiger charge is 2.31. The fourth-order valence-electron chi connectivity index (χ4n) is 5.16. The summed E-state index contributed by atoms with van der Waals surface area (Å²) in [4.78, 5) is 15.2. The van der Waals surface area contributed by atoms with E-state index in [1.165, 1.54) is 12.8 Å². The lowest BCUT2D eigenvalue weighted by Crippen LogP contribution is -2.50. The zero-order valence-corrected chi connectivity index (χ0v) is 18.1. The third kappa shape index (κ3) is 3.92. The van der Waals surface area contributed by atoms with Gasteiger partial charge >= 0.3 is 0 Å². The van der Waals surface area contributed by atoms with Gasteiger partial charge in [-0.2, -0.15) is 10.2 Å². The maximum absolute atomic E-state index is 13.0. The van der Waals surface area contributed by atoms with Crippen molar-refractivity contribution in [2.75, 3.05) is 19.6 Å². The zero-order valence-electron chi connectivity index (χ0n) is 18.1. The number of hydrogen-bond acceptors (Lipinski definition) is 4. The zero-order chi connectivity index (χ0) is 21.7. The van der Waals surface area contributed by atoms with E-state index in [0.29, 0.717) is 30.7 Å². The molecule has 168 valence electrons. The predicted molar refractivity (Wildman–Crippen MR) is 120 cm³/mol. The molecular formula is C24H29FN6O. The number of fused-ring (bicyclic) bond motifs is 1. The van der Waals surface area contributed by atoms with Gasteiger partial charge in [-0.1, -0.05) is 6.07 Å². The Morgan fingerprint density at radius 2 is 1.94 bits per heavy atom. The number of likely N-dealkylation sites (tertiary alicyclic amines) is 1. The van der Waals surface area contributed by atoms with Crippen LogP contribution < -0.4 is 5.32 Å². The summed E-state index contributed by atoms with van der Waals surface area (Å²) >= 11 is 0. The first-order valence-corrected chi connectivity index (χ1v) is 11.8. The Balaban J connectivity index is 1.11. The molecule has 2 aliphatic carbocycles. The van der Waals surface area contributed by atoms with Crippen molar-refractivity contribution in [2.45, 2.75) is 56.8 Å². The minimum absolute atomic E-state index is 0.117. The summed E-state index contributed by atoms with van der Waals surface area (Å²) in [6.45, 7) is 2.17. The van der Waals surface area contributed by atoms with Gasteiger partial charge in [0.1, 0.15) is 6.17 Å². The molecule has 0 spiro atoms. The van der Waals surface area contributed by atoms with E-state index in [9.17, 15) is 9.18 Å². The molecule has 0 unspecified atom stereocenters. The summed E-state index contributed by atoms with van der Waals surface area (Å²) in [7, 11) is 0. The molecule has 0 bridgehead atoms. The van der Waals surface area contributed by atoms with Gasteiger partial charge in [0, 0.05) is 42.8 Å². The summed E-state index contributed by atoms with van der Waals surface area (Å²) in [6.07, 6.45) is 9.84. The maximum atomic E-state index is 13.0. The number of aromatic nitrogens is 4. The molecule has 3 aromatic rings. The number of nitrogens with one attached hydrogen (secondary N) is 2. The number of amides is 1. The van der Waals surface area contributed by atoms with Crippen molar-refractivity contribution < 1.29 is 9.18 Å². The first-order chi connectivity index (χ1) is 15.6. The van der Waals surface area contributed by atoms with Crippen molar-refractivity contribution in [3.8, 4) is 11.1 Å². The van der Waals surface area contributed by atoms with E-state index in [1.54, 1.807) is 0 Å². The van der Waals surface area contributed by atoms with Gasteiger partial charge in [0.05, 0.1) is 17.8 Å². The molecule has 1 aromatic carbocycles. The Hall–Kier alpha value is -2.74. The Labute approximate surface area is 186 Å². The van der Waals surface area contributed by atoms with Crippen LogP contribution in [0.1, 0.15) is 55.1 Å². The van der Waals surface area contributed by atoms with Crippen molar-refractivity contribution in [1.29, 1.82) is 0 Å². The van der Waals surface area contributed by atoms with Crippen LogP contribution in [0.3, 0.4) is 0 Å². The summed E-state index contributed by atoms with van der Waals surface area (Å²) in [5.74, 6) is 0.495. The molecule has 0 radical (unpaired) electrons. The second kappa shape index (κ2) is 7.99. The van der Waals surface area contributed by atoms with Gasteiger partial charge in [-0.15, -0.1) is 0 Å². The number of H-pyrrole nitrogens is 1. The molecule has 2 aromatic heterocycles. The highest BCUT2D eigenvalue weighted by atomic mass is 19.1. The van der Waals surface area contributed by atoms with E-state index in [2.05, 4.69) is 31.7 Å².